The number of nitrogens with one attached hydrogen (secondary N) is 3. The SMILES string of the molecule is CC(O)CNC(=O)c1ccn(CC(=O)NC(O[SiH](C)C)(C(C)C)C(C(C)(C)C)C(F)(F)F)c(=O)c1NC(=O)OCc1ccccc1. The van der Waals surface area contributed by atoms with E-state index >= 15 is 0 Å². The Bertz CT molecular complexity index is 1400. The molecule has 0 spiro atoms. The highest BCUT2D eigenvalue weighted by Crippen LogP contribution is 2.49. The molecule has 0 aliphatic heterocycles. The van der Waals surface area contributed by atoms with Crippen molar-refractivity contribution in [2.75, 3.05) is 11.9 Å². The first-order valence-electron chi connectivity index (χ1n) is 14.9. The van der Waals surface area contributed by atoms with Gasteiger partial charge in [-0.3, -0.25) is 19.7 Å². The van der Waals surface area contributed by atoms with Crippen LogP contribution in [0.1, 0.15) is 57.5 Å². The number of hydrogen-bond donors (Lipinski definition) is 4. The third kappa shape index (κ3) is 10.4. The number of carbonyl (C=O) groups excluding carboxylic acids is 3. The van der Waals surface area contributed by atoms with Gasteiger partial charge in [0.15, 0.2) is 9.04 Å². The van der Waals surface area contributed by atoms with Crippen LogP contribution in [0.4, 0.5) is 23.7 Å². The van der Waals surface area contributed by atoms with Crippen LogP contribution in [0.5, 0.6) is 0 Å². The van der Waals surface area contributed by atoms with E-state index in [9.17, 15) is 37.5 Å². The summed E-state index contributed by atoms with van der Waals surface area (Å²) >= 11 is 0. The molecule has 2 rings (SSSR count). The smallest absolute Gasteiger partial charge is 0.412 e. The molecule has 256 valence electrons. The number of ether oxygens (including phenoxy) is 1. The predicted octanol–water partition coefficient (Wildman–Crippen LogP) is 4.40. The van der Waals surface area contributed by atoms with Gasteiger partial charge >= 0.3 is 12.3 Å². The topological polar surface area (TPSA) is 148 Å². The van der Waals surface area contributed by atoms with E-state index in [1.54, 1.807) is 43.4 Å². The lowest BCUT2D eigenvalue weighted by Gasteiger charge is -2.51. The highest BCUT2D eigenvalue weighted by atomic mass is 28.3. The lowest BCUT2D eigenvalue weighted by molar-refractivity contribution is -0.265. The molecule has 0 bridgehead atoms. The summed E-state index contributed by atoms with van der Waals surface area (Å²) in [6.45, 7) is 11.1. The molecule has 46 heavy (non-hydrogen) atoms. The van der Waals surface area contributed by atoms with E-state index < -0.39 is 80.0 Å². The summed E-state index contributed by atoms with van der Waals surface area (Å²) in [6, 6.07) is 9.84. The average molecular weight is 671 g/mol. The molecule has 0 saturated carbocycles. The predicted molar refractivity (Wildman–Crippen MR) is 170 cm³/mol. The second-order valence-corrected chi connectivity index (χ2v) is 15.1. The van der Waals surface area contributed by atoms with Crippen LogP contribution in [0.25, 0.3) is 0 Å². The summed E-state index contributed by atoms with van der Waals surface area (Å²) in [5.41, 5.74) is -4.68. The Labute approximate surface area is 268 Å². The summed E-state index contributed by atoms with van der Waals surface area (Å²) in [5.74, 6) is -4.70. The fourth-order valence-corrected chi connectivity index (χ4v) is 6.42. The maximum atomic E-state index is 14.7. The third-order valence-electron chi connectivity index (χ3n) is 6.97. The van der Waals surface area contributed by atoms with Crippen LogP contribution < -0.4 is 21.5 Å². The fraction of sp³-hybridized carbons (Fsp3) is 0.548. The van der Waals surface area contributed by atoms with E-state index in [2.05, 4.69) is 16.0 Å². The van der Waals surface area contributed by atoms with E-state index in [1.807, 2.05) is 0 Å². The number of carbonyl (C=O) groups is 3. The van der Waals surface area contributed by atoms with Gasteiger partial charge in [-0.1, -0.05) is 65.0 Å². The number of hydrogen-bond acceptors (Lipinski definition) is 7. The number of halogens is 3. The van der Waals surface area contributed by atoms with Crippen molar-refractivity contribution in [3.8, 4) is 0 Å². The summed E-state index contributed by atoms with van der Waals surface area (Å²) in [4.78, 5) is 52.7. The minimum absolute atomic E-state index is 0.149. The normalized spacial score (nSPS) is 14.7. The van der Waals surface area contributed by atoms with Gasteiger partial charge < -0.3 is 29.5 Å². The van der Waals surface area contributed by atoms with Crippen LogP contribution in [-0.2, 0) is 27.1 Å². The molecular formula is C31H45F3N4O7Si. The first-order chi connectivity index (χ1) is 21.2. The number of aliphatic hydroxyl groups excluding tert-OH is 1. The minimum Gasteiger partial charge on any atom is -0.444 e. The van der Waals surface area contributed by atoms with Gasteiger partial charge in [0.25, 0.3) is 11.5 Å². The van der Waals surface area contributed by atoms with Crippen molar-refractivity contribution in [1.29, 1.82) is 0 Å². The maximum Gasteiger partial charge on any atom is 0.412 e. The van der Waals surface area contributed by atoms with Crippen LogP contribution in [0.2, 0.25) is 13.1 Å². The second-order valence-electron chi connectivity index (χ2n) is 12.8. The van der Waals surface area contributed by atoms with Crippen molar-refractivity contribution in [1.82, 2.24) is 15.2 Å². The molecule has 0 aliphatic carbocycles. The highest BCUT2D eigenvalue weighted by molar-refractivity contribution is 6.48. The van der Waals surface area contributed by atoms with E-state index in [0.29, 0.717) is 5.56 Å². The molecule has 1 aromatic heterocycles. The Balaban J connectivity index is 2.51. The average Bonchev–Trinajstić information content (AvgIpc) is 2.91. The van der Waals surface area contributed by atoms with Gasteiger partial charge in [-0.15, -0.1) is 0 Å². The lowest BCUT2D eigenvalue weighted by atomic mass is 9.70. The molecule has 3 amide bonds. The maximum absolute atomic E-state index is 14.7. The van der Waals surface area contributed by atoms with Gasteiger partial charge in [0, 0.05) is 18.7 Å². The molecular weight excluding hydrogens is 625 g/mol. The second kappa shape index (κ2) is 15.7. The van der Waals surface area contributed by atoms with Crippen molar-refractivity contribution < 1.29 is 41.8 Å². The molecule has 0 aliphatic rings. The van der Waals surface area contributed by atoms with Gasteiger partial charge in [-0.25, -0.2) is 4.79 Å². The lowest BCUT2D eigenvalue weighted by Crippen LogP contribution is -2.67. The molecule has 4 N–H and O–H groups in total. The van der Waals surface area contributed by atoms with Crippen molar-refractivity contribution in [2.45, 2.75) is 85.8 Å². The largest absolute Gasteiger partial charge is 0.444 e. The molecule has 0 radical (unpaired) electrons. The number of aromatic nitrogens is 1. The quantitative estimate of drug-likeness (QED) is 0.182. The van der Waals surface area contributed by atoms with Crippen LogP contribution in [0.3, 0.4) is 0 Å². The van der Waals surface area contributed by atoms with Crippen molar-refractivity contribution >= 4 is 32.6 Å². The molecule has 0 saturated heterocycles. The molecule has 3 atom stereocenters. The number of pyridine rings is 1. The number of alkyl halides is 3. The molecule has 3 unspecified atom stereocenters. The van der Waals surface area contributed by atoms with Gasteiger partial charge in [-0.05, 0) is 37.1 Å². The molecule has 2 aromatic rings. The van der Waals surface area contributed by atoms with Gasteiger partial charge in [-0.2, -0.15) is 13.2 Å². The van der Waals surface area contributed by atoms with E-state index in [4.69, 9.17) is 9.16 Å². The molecule has 11 nitrogen and oxygen atoms in total. The Morgan fingerprint density at radius 1 is 1.02 bits per heavy atom. The standard InChI is InChI=1S/C31H45F3N4O7Si/c1-19(2)30(45-46(7)8,27(29(4,5)6)31(32,33)34)37-23(40)17-38-15-14-22(25(41)35-16-20(3)39)24(26(38)42)36-28(43)44-18-21-12-10-9-11-13-21/h9-15,19-20,27,39,46H,16-18H2,1-8H3,(H,35,41)(H,36,43)(H,37,40). The number of rotatable bonds is 13. The number of amides is 3. The molecule has 15 heteroatoms. The molecule has 0 fully saturated rings. The van der Waals surface area contributed by atoms with Crippen LogP contribution in [0.15, 0.2) is 47.4 Å². The third-order valence-corrected chi connectivity index (χ3v) is 7.83. The first-order valence-corrected chi connectivity index (χ1v) is 17.7. The summed E-state index contributed by atoms with van der Waals surface area (Å²) in [6.07, 6.45) is -5.63. The van der Waals surface area contributed by atoms with Gasteiger partial charge in [0.1, 0.15) is 30.5 Å². The van der Waals surface area contributed by atoms with Crippen LogP contribution >= 0.6 is 0 Å². The zero-order chi connectivity index (χ0) is 35.0. The first kappa shape index (κ1) is 38.5. The number of nitrogens with zero attached hydrogens (tertiary/aromatic N) is 1. The monoisotopic (exact) mass is 670 g/mol. The fourth-order valence-electron chi connectivity index (χ4n) is 5.17. The highest BCUT2D eigenvalue weighted by Gasteiger charge is 2.61. The van der Waals surface area contributed by atoms with Gasteiger partial charge in [0.2, 0.25) is 5.91 Å². The minimum atomic E-state index is -4.76. The summed E-state index contributed by atoms with van der Waals surface area (Å²) < 4.78 is 56.1. The van der Waals surface area contributed by atoms with E-state index in [0.717, 1.165) is 10.8 Å². The van der Waals surface area contributed by atoms with Crippen molar-refractivity contribution in [2.24, 2.45) is 17.3 Å². The zero-order valence-electron chi connectivity index (χ0n) is 27.4. The Kier molecular flexibility index (Phi) is 13.2. The Morgan fingerprint density at radius 2 is 1.63 bits per heavy atom. The van der Waals surface area contributed by atoms with Gasteiger partial charge in [0.05, 0.1) is 11.7 Å². The summed E-state index contributed by atoms with van der Waals surface area (Å²) in [5, 5.41) is 16.8. The zero-order valence-corrected chi connectivity index (χ0v) is 28.6. The molecule has 1 heterocycles. The van der Waals surface area contributed by atoms with Crippen LogP contribution in [-0.4, -0.2) is 61.2 Å². The summed E-state index contributed by atoms with van der Waals surface area (Å²) in [7, 11) is -2.20. The van der Waals surface area contributed by atoms with E-state index in [1.165, 1.54) is 47.6 Å². The van der Waals surface area contributed by atoms with Crippen molar-refractivity contribution in [3.63, 3.8) is 0 Å². The number of aliphatic hydroxyl groups is 1. The number of anilines is 1. The Morgan fingerprint density at radius 3 is 2.13 bits per heavy atom. The molecule has 1 aromatic carbocycles. The van der Waals surface area contributed by atoms with E-state index in [-0.39, 0.29) is 18.7 Å². The number of benzene rings is 1. The van der Waals surface area contributed by atoms with Crippen molar-refractivity contribution in [3.05, 3.63) is 64.1 Å². The van der Waals surface area contributed by atoms with Crippen LogP contribution in [0, 0.1) is 17.3 Å². The Hall–Kier alpha value is -3.69.